The van der Waals surface area contributed by atoms with Gasteiger partial charge >= 0.3 is 0 Å². The molecular weight excluding hydrogens is 244 g/mol. The normalized spacial score (nSPS) is 18.4. The lowest BCUT2D eigenvalue weighted by molar-refractivity contribution is -0.118. The number of carbonyl (C=O) groups excluding carboxylic acids is 1. The van der Waals surface area contributed by atoms with Crippen molar-refractivity contribution in [2.45, 2.75) is 58.0 Å². The summed E-state index contributed by atoms with van der Waals surface area (Å²) in [5.41, 5.74) is 5.34. The van der Waals surface area contributed by atoms with Crippen molar-refractivity contribution in [2.24, 2.45) is 11.7 Å². The average Bonchev–Trinajstić information content (AvgIpc) is 2.81. The van der Waals surface area contributed by atoms with Gasteiger partial charge in [-0.1, -0.05) is 24.4 Å². The van der Waals surface area contributed by atoms with E-state index < -0.39 is 0 Å². The molecule has 0 aromatic carbocycles. The predicted octanol–water partition coefficient (Wildman–Crippen LogP) is 1.29. The van der Waals surface area contributed by atoms with Crippen LogP contribution in [0.3, 0.4) is 0 Å². The Hall–Kier alpha value is -1.43. The zero-order valence-electron chi connectivity index (χ0n) is 11.4. The van der Waals surface area contributed by atoms with Crippen LogP contribution in [0.25, 0.3) is 0 Å². The molecule has 0 saturated heterocycles. The lowest BCUT2D eigenvalue weighted by atomic mass is 9.82. The van der Waals surface area contributed by atoms with E-state index in [4.69, 9.17) is 10.3 Å². The number of carbonyl (C=O) groups is 1. The lowest BCUT2D eigenvalue weighted by Crippen LogP contribution is -2.40. The first kappa shape index (κ1) is 14.0. The third-order valence-corrected chi connectivity index (χ3v) is 3.73. The van der Waals surface area contributed by atoms with Crippen molar-refractivity contribution in [3.63, 3.8) is 0 Å². The van der Waals surface area contributed by atoms with Gasteiger partial charge in [0.05, 0.1) is 6.54 Å². The van der Waals surface area contributed by atoms with Crippen molar-refractivity contribution < 1.29 is 9.32 Å². The van der Waals surface area contributed by atoms with Gasteiger partial charge in [-0.3, -0.25) is 4.79 Å². The van der Waals surface area contributed by atoms with Gasteiger partial charge in [-0.15, -0.1) is 0 Å². The van der Waals surface area contributed by atoms with Crippen LogP contribution >= 0.6 is 0 Å². The number of amides is 1. The maximum absolute atomic E-state index is 11.2. The Balaban J connectivity index is 1.90. The first-order chi connectivity index (χ1) is 9.15. The fraction of sp³-hybridized carbons (Fsp3) is 0.769. The number of hydrogen-bond donors (Lipinski definition) is 2. The molecule has 1 aliphatic rings. The van der Waals surface area contributed by atoms with Gasteiger partial charge in [0.15, 0.2) is 5.82 Å². The Labute approximate surface area is 113 Å². The zero-order valence-corrected chi connectivity index (χ0v) is 11.4. The summed E-state index contributed by atoms with van der Waals surface area (Å²) in [6.45, 7) is 2.28. The van der Waals surface area contributed by atoms with Crippen LogP contribution in [0.15, 0.2) is 4.52 Å². The molecule has 1 aromatic heterocycles. The van der Waals surface area contributed by atoms with E-state index in [1.807, 2.05) is 0 Å². The van der Waals surface area contributed by atoms with Crippen molar-refractivity contribution in [1.82, 2.24) is 15.5 Å². The minimum atomic E-state index is -0.257. The van der Waals surface area contributed by atoms with Crippen LogP contribution < -0.4 is 11.1 Å². The highest BCUT2D eigenvalue weighted by atomic mass is 16.5. The summed E-state index contributed by atoms with van der Waals surface area (Å²) in [6, 6.07) is 0.122. The van der Waals surface area contributed by atoms with Crippen LogP contribution in [0, 0.1) is 12.8 Å². The summed E-state index contributed by atoms with van der Waals surface area (Å²) in [7, 11) is 0. The van der Waals surface area contributed by atoms with E-state index in [0.717, 1.165) is 12.8 Å². The van der Waals surface area contributed by atoms with Crippen molar-refractivity contribution in [3.05, 3.63) is 11.7 Å². The highest BCUT2D eigenvalue weighted by Crippen LogP contribution is 2.27. The monoisotopic (exact) mass is 266 g/mol. The van der Waals surface area contributed by atoms with Crippen LogP contribution in [-0.2, 0) is 11.3 Å². The molecule has 2 rings (SSSR count). The predicted molar refractivity (Wildman–Crippen MR) is 70.0 cm³/mol. The first-order valence-corrected chi connectivity index (χ1v) is 6.96. The zero-order chi connectivity index (χ0) is 13.7. The molecule has 1 heterocycles. The molecule has 1 aliphatic carbocycles. The van der Waals surface area contributed by atoms with Crippen LogP contribution in [-0.4, -0.2) is 22.1 Å². The molecule has 0 aliphatic heterocycles. The molecule has 1 fully saturated rings. The molecule has 6 heteroatoms. The first-order valence-electron chi connectivity index (χ1n) is 6.96. The molecule has 106 valence electrons. The number of primary amides is 1. The fourth-order valence-corrected chi connectivity index (χ4v) is 2.79. The Kier molecular flexibility index (Phi) is 4.90. The molecule has 3 N–H and O–H groups in total. The van der Waals surface area contributed by atoms with Crippen molar-refractivity contribution in [1.29, 1.82) is 0 Å². The summed E-state index contributed by atoms with van der Waals surface area (Å²) < 4.78 is 4.93. The van der Waals surface area contributed by atoms with Gasteiger partial charge in [-0.05, 0) is 18.8 Å². The van der Waals surface area contributed by atoms with Crippen molar-refractivity contribution in [2.75, 3.05) is 0 Å². The van der Waals surface area contributed by atoms with Crippen molar-refractivity contribution in [3.8, 4) is 0 Å². The lowest BCUT2D eigenvalue weighted by Gasteiger charge is -2.30. The summed E-state index contributed by atoms with van der Waals surface area (Å²) in [5.74, 6) is 1.45. The van der Waals surface area contributed by atoms with E-state index in [1.165, 1.54) is 19.3 Å². The topological polar surface area (TPSA) is 94.0 Å². The van der Waals surface area contributed by atoms with Crippen molar-refractivity contribution >= 4 is 5.91 Å². The number of hydrogen-bond acceptors (Lipinski definition) is 5. The van der Waals surface area contributed by atoms with E-state index in [0.29, 0.717) is 30.6 Å². The van der Waals surface area contributed by atoms with Gasteiger partial charge in [0.2, 0.25) is 11.8 Å². The van der Waals surface area contributed by atoms with Gasteiger partial charge in [0.1, 0.15) is 0 Å². The third kappa shape index (κ3) is 4.31. The quantitative estimate of drug-likeness (QED) is 0.809. The van der Waals surface area contributed by atoms with Crippen LogP contribution in [0.2, 0.25) is 0 Å². The van der Waals surface area contributed by atoms with E-state index in [9.17, 15) is 4.79 Å². The smallest absolute Gasteiger partial charge is 0.223 e. The summed E-state index contributed by atoms with van der Waals surface area (Å²) in [5, 5.41) is 7.21. The molecule has 1 amide bonds. The third-order valence-electron chi connectivity index (χ3n) is 3.73. The minimum Gasteiger partial charge on any atom is -0.370 e. The highest BCUT2D eigenvalue weighted by molar-refractivity contribution is 5.74. The van der Waals surface area contributed by atoms with Gasteiger partial charge < -0.3 is 15.6 Å². The Morgan fingerprint density at radius 1 is 1.47 bits per heavy atom. The van der Waals surface area contributed by atoms with Gasteiger partial charge in [-0.2, -0.15) is 4.98 Å². The Bertz CT molecular complexity index is 413. The largest absolute Gasteiger partial charge is 0.370 e. The molecular formula is C13H22N4O2. The van der Waals surface area contributed by atoms with Crippen LogP contribution in [0.5, 0.6) is 0 Å². The van der Waals surface area contributed by atoms with E-state index in [1.54, 1.807) is 6.92 Å². The molecule has 6 nitrogen and oxygen atoms in total. The second-order valence-corrected chi connectivity index (χ2v) is 5.29. The van der Waals surface area contributed by atoms with E-state index in [-0.39, 0.29) is 11.9 Å². The second kappa shape index (κ2) is 6.65. The van der Waals surface area contributed by atoms with E-state index in [2.05, 4.69) is 15.5 Å². The van der Waals surface area contributed by atoms with Gasteiger partial charge in [0, 0.05) is 19.4 Å². The highest BCUT2D eigenvalue weighted by Gasteiger charge is 2.25. The fourth-order valence-electron chi connectivity index (χ4n) is 2.79. The van der Waals surface area contributed by atoms with Crippen LogP contribution in [0.1, 0.15) is 50.2 Å². The minimum absolute atomic E-state index is 0.122. The number of aryl methyl sites for hydroxylation is 1. The maximum atomic E-state index is 11.2. The number of rotatable bonds is 6. The molecule has 0 unspecified atom stereocenters. The van der Waals surface area contributed by atoms with E-state index >= 15 is 0 Å². The number of nitrogens with one attached hydrogen (secondary N) is 1. The van der Waals surface area contributed by atoms with Gasteiger partial charge in [-0.25, -0.2) is 0 Å². The molecule has 1 atom stereocenters. The molecule has 0 spiro atoms. The molecule has 1 saturated carbocycles. The number of nitrogens with zero attached hydrogens (tertiary/aromatic N) is 2. The Morgan fingerprint density at radius 2 is 2.21 bits per heavy atom. The second-order valence-electron chi connectivity index (χ2n) is 5.29. The average molecular weight is 266 g/mol. The Morgan fingerprint density at radius 3 is 2.79 bits per heavy atom. The molecule has 1 aromatic rings. The SMILES string of the molecule is Cc1nc(CN[C@H](CC(N)=O)C2CCCCC2)no1. The number of nitrogens with two attached hydrogens (primary N) is 1. The summed E-state index contributed by atoms with van der Waals surface area (Å²) in [4.78, 5) is 15.4. The molecule has 0 bridgehead atoms. The van der Waals surface area contributed by atoms with Gasteiger partial charge in [0.25, 0.3) is 0 Å². The number of aromatic nitrogens is 2. The standard InChI is InChI=1S/C13H22N4O2/c1-9-16-13(17-19-9)8-15-11(7-12(14)18)10-5-3-2-4-6-10/h10-11,15H,2-8H2,1H3,(H2,14,18)/t11-/m1/s1. The molecule has 0 radical (unpaired) electrons. The summed E-state index contributed by atoms with van der Waals surface area (Å²) in [6.07, 6.45) is 6.48. The summed E-state index contributed by atoms with van der Waals surface area (Å²) >= 11 is 0. The van der Waals surface area contributed by atoms with Crippen LogP contribution in [0.4, 0.5) is 0 Å². The molecule has 19 heavy (non-hydrogen) atoms. The maximum Gasteiger partial charge on any atom is 0.223 e.